The van der Waals surface area contributed by atoms with E-state index in [1.165, 1.54) is 43.6 Å². The molecule has 0 fully saturated rings. The van der Waals surface area contributed by atoms with Gasteiger partial charge in [0.25, 0.3) is 0 Å². The molecule has 4 heteroatoms. The van der Waals surface area contributed by atoms with Gasteiger partial charge < -0.3 is 9.13 Å². The summed E-state index contributed by atoms with van der Waals surface area (Å²) in [5.74, 6) is 0. The van der Waals surface area contributed by atoms with Gasteiger partial charge in [0.15, 0.2) is 0 Å². The van der Waals surface area contributed by atoms with Gasteiger partial charge in [-0.05, 0) is 72.8 Å². The van der Waals surface area contributed by atoms with E-state index >= 15 is 0 Å². The lowest BCUT2D eigenvalue weighted by Crippen LogP contribution is -1.94. The maximum absolute atomic E-state index is 3.58. The summed E-state index contributed by atoms with van der Waals surface area (Å²) in [6.07, 6.45) is 0. The van der Waals surface area contributed by atoms with Gasteiger partial charge >= 0.3 is 0 Å². The van der Waals surface area contributed by atoms with Crippen molar-refractivity contribution < 1.29 is 0 Å². The molecular formula is C30H18Br2N2. The second kappa shape index (κ2) is 7.59. The molecule has 0 spiro atoms. The lowest BCUT2D eigenvalue weighted by atomic mass is 10.1. The van der Waals surface area contributed by atoms with E-state index in [1.807, 2.05) is 0 Å². The Bertz CT molecular complexity index is 1720. The number of hydrogen-bond acceptors (Lipinski definition) is 0. The standard InChI is InChI=1S/C30H18Br2N2/c31-19-9-13-21(14-10-19)33-25-7-3-1-5-23(25)29-27(33)17-18-28-30(29)24-6-2-4-8-26(24)34(28)22-15-11-20(32)12-16-22/h1-18H. The molecule has 0 aliphatic rings. The number of fused-ring (bicyclic) bond motifs is 7. The molecule has 2 aromatic heterocycles. The molecule has 34 heavy (non-hydrogen) atoms. The van der Waals surface area contributed by atoms with Crippen LogP contribution in [-0.4, -0.2) is 9.13 Å². The topological polar surface area (TPSA) is 9.86 Å². The van der Waals surface area contributed by atoms with E-state index in [-0.39, 0.29) is 0 Å². The van der Waals surface area contributed by atoms with Gasteiger partial charge in [0, 0.05) is 41.9 Å². The number of halogens is 2. The highest BCUT2D eigenvalue weighted by molar-refractivity contribution is 9.10. The summed E-state index contributed by atoms with van der Waals surface area (Å²) in [5, 5.41) is 5.13. The molecule has 162 valence electrons. The van der Waals surface area contributed by atoms with Gasteiger partial charge in [-0.2, -0.15) is 0 Å². The molecule has 0 aliphatic heterocycles. The van der Waals surface area contributed by atoms with E-state index in [9.17, 15) is 0 Å². The number of nitrogens with zero attached hydrogens (tertiary/aromatic N) is 2. The Morgan fingerprint density at radius 3 is 1.18 bits per heavy atom. The van der Waals surface area contributed by atoms with Crippen LogP contribution in [0.4, 0.5) is 0 Å². The maximum atomic E-state index is 3.58. The van der Waals surface area contributed by atoms with Crippen molar-refractivity contribution in [2.75, 3.05) is 0 Å². The number of para-hydroxylation sites is 2. The average Bonchev–Trinajstić information content (AvgIpc) is 3.38. The molecule has 0 saturated heterocycles. The molecular weight excluding hydrogens is 548 g/mol. The molecule has 5 aromatic carbocycles. The third-order valence-corrected chi connectivity index (χ3v) is 7.70. The zero-order valence-corrected chi connectivity index (χ0v) is 21.2. The Morgan fingerprint density at radius 1 is 0.382 bits per heavy atom. The van der Waals surface area contributed by atoms with Crippen molar-refractivity contribution in [3.63, 3.8) is 0 Å². The third kappa shape index (κ3) is 2.85. The van der Waals surface area contributed by atoms with Gasteiger partial charge in [0.1, 0.15) is 0 Å². The summed E-state index contributed by atoms with van der Waals surface area (Å²) in [6.45, 7) is 0. The van der Waals surface area contributed by atoms with E-state index in [0.717, 1.165) is 20.3 Å². The molecule has 0 radical (unpaired) electrons. The van der Waals surface area contributed by atoms with E-state index in [2.05, 4.69) is 150 Å². The molecule has 0 unspecified atom stereocenters. The first-order chi connectivity index (χ1) is 16.7. The number of hydrogen-bond donors (Lipinski definition) is 0. The molecule has 0 saturated carbocycles. The number of benzene rings is 5. The zero-order valence-electron chi connectivity index (χ0n) is 18.0. The highest BCUT2D eigenvalue weighted by Crippen LogP contribution is 2.42. The minimum absolute atomic E-state index is 1.08. The van der Waals surface area contributed by atoms with Crippen LogP contribution in [0.5, 0.6) is 0 Å². The van der Waals surface area contributed by atoms with Crippen LogP contribution < -0.4 is 0 Å². The Morgan fingerprint density at radius 2 is 0.765 bits per heavy atom. The van der Waals surface area contributed by atoms with Gasteiger partial charge in [0.05, 0.1) is 22.1 Å². The van der Waals surface area contributed by atoms with Crippen molar-refractivity contribution in [3.05, 3.63) is 118 Å². The minimum atomic E-state index is 1.08. The van der Waals surface area contributed by atoms with E-state index in [1.54, 1.807) is 0 Å². The SMILES string of the molecule is Brc1ccc(-n2c3ccccc3c3c4c5ccccc5n(-c5ccc(Br)cc5)c4ccc32)cc1. The second-order valence-corrected chi connectivity index (χ2v) is 10.3. The quantitative estimate of drug-likeness (QED) is 0.197. The van der Waals surface area contributed by atoms with Crippen LogP contribution in [0.2, 0.25) is 0 Å². The van der Waals surface area contributed by atoms with Crippen molar-refractivity contribution in [1.29, 1.82) is 0 Å². The maximum Gasteiger partial charge on any atom is 0.0548 e. The predicted octanol–water partition coefficient (Wildman–Crippen LogP) is 9.41. The van der Waals surface area contributed by atoms with Gasteiger partial charge in [0.2, 0.25) is 0 Å². The third-order valence-electron chi connectivity index (χ3n) is 6.64. The van der Waals surface area contributed by atoms with Crippen molar-refractivity contribution in [3.8, 4) is 11.4 Å². The van der Waals surface area contributed by atoms with Crippen LogP contribution in [0.25, 0.3) is 55.0 Å². The monoisotopic (exact) mass is 564 g/mol. The van der Waals surface area contributed by atoms with E-state index in [4.69, 9.17) is 0 Å². The van der Waals surface area contributed by atoms with Gasteiger partial charge in [-0.1, -0.05) is 68.3 Å². The van der Waals surface area contributed by atoms with E-state index in [0.29, 0.717) is 0 Å². The fraction of sp³-hybridized carbons (Fsp3) is 0. The zero-order chi connectivity index (χ0) is 22.8. The molecule has 2 heterocycles. The summed E-state index contributed by atoms with van der Waals surface area (Å²) < 4.78 is 6.92. The summed E-state index contributed by atoms with van der Waals surface area (Å²) in [7, 11) is 0. The highest BCUT2D eigenvalue weighted by Gasteiger charge is 2.20. The fourth-order valence-corrected chi connectivity index (χ4v) is 5.78. The summed E-state index contributed by atoms with van der Waals surface area (Å²) >= 11 is 7.16. The number of aromatic nitrogens is 2. The van der Waals surface area contributed by atoms with Crippen LogP contribution in [0.1, 0.15) is 0 Å². The van der Waals surface area contributed by atoms with Gasteiger partial charge in [-0.15, -0.1) is 0 Å². The van der Waals surface area contributed by atoms with Crippen LogP contribution >= 0.6 is 31.9 Å². The Hall–Kier alpha value is -3.34. The lowest BCUT2D eigenvalue weighted by molar-refractivity contribution is 1.17. The summed E-state index contributed by atoms with van der Waals surface area (Å²) in [5.41, 5.74) is 7.18. The lowest BCUT2D eigenvalue weighted by Gasteiger charge is -2.09. The molecule has 0 amide bonds. The van der Waals surface area contributed by atoms with Crippen molar-refractivity contribution >= 4 is 75.5 Å². The molecule has 2 nitrogen and oxygen atoms in total. The van der Waals surface area contributed by atoms with Gasteiger partial charge in [-0.25, -0.2) is 0 Å². The normalized spacial score (nSPS) is 11.8. The molecule has 7 aromatic rings. The number of rotatable bonds is 2. The molecule has 0 N–H and O–H groups in total. The predicted molar refractivity (Wildman–Crippen MR) is 151 cm³/mol. The first kappa shape index (κ1) is 20.1. The van der Waals surface area contributed by atoms with Crippen LogP contribution in [0, 0.1) is 0 Å². The van der Waals surface area contributed by atoms with Crippen LogP contribution in [0.3, 0.4) is 0 Å². The minimum Gasteiger partial charge on any atom is -0.309 e. The molecule has 0 aliphatic carbocycles. The Balaban J connectivity index is 1.69. The van der Waals surface area contributed by atoms with Crippen LogP contribution in [-0.2, 0) is 0 Å². The Kier molecular flexibility index (Phi) is 4.48. The van der Waals surface area contributed by atoms with Crippen molar-refractivity contribution in [2.24, 2.45) is 0 Å². The largest absolute Gasteiger partial charge is 0.309 e. The van der Waals surface area contributed by atoms with Crippen molar-refractivity contribution in [1.82, 2.24) is 9.13 Å². The summed E-state index contributed by atoms with van der Waals surface area (Å²) in [4.78, 5) is 0. The molecule has 0 atom stereocenters. The average molecular weight is 566 g/mol. The second-order valence-electron chi connectivity index (χ2n) is 8.51. The molecule has 7 rings (SSSR count). The van der Waals surface area contributed by atoms with Gasteiger partial charge in [-0.3, -0.25) is 0 Å². The van der Waals surface area contributed by atoms with Crippen molar-refractivity contribution in [2.45, 2.75) is 0 Å². The fourth-order valence-electron chi connectivity index (χ4n) is 5.25. The highest BCUT2D eigenvalue weighted by atomic mass is 79.9. The first-order valence-electron chi connectivity index (χ1n) is 11.2. The van der Waals surface area contributed by atoms with E-state index < -0.39 is 0 Å². The smallest absolute Gasteiger partial charge is 0.0548 e. The first-order valence-corrected chi connectivity index (χ1v) is 12.8. The van der Waals surface area contributed by atoms with Crippen LogP contribution in [0.15, 0.2) is 118 Å². The summed E-state index contributed by atoms with van der Waals surface area (Å²) in [6, 6.07) is 39.1. The Labute approximate surface area is 213 Å². The molecule has 0 bridgehead atoms.